The van der Waals surface area contributed by atoms with Crippen LogP contribution in [0.2, 0.25) is 0 Å². The van der Waals surface area contributed by atoms with Crippen molar-refractivity contribution in [1.29, 1.82) is 0 Å². The molecule has 0 spiro atoms. The number of hydrogen-bond donors (Lipinski definition) is 1. The highest BCUT2D eigenvalue weighted by atomic mass is 32.1. The van der Waals surface area contributed by atoms with Gasteiger partial charge in [-0.25, -0.2) is 0 Å². The van der Waals surface area contributed by atoms with Crippen LogP contribution in [0.15, 0.2) is 24.3 Å². The molecule has 1 unspecified atom stereocenters. The topological polar surface area (TPSA) is 24.5 Å². The second kappa shape index (κ2) is 7.34. The molecule has 0 saturated carbocycles. The number of rotatable bonds is 5. The Kier molecular flexibility index (Phi) is 6.09. The highest BCUT2D eigenvalue weighted by Crippen LogP contribution is 2.19. The molecule has 100 valence electrons. The first-order valence-electron chi connectivity index (χ1n) is 6.22. The lowest BCUT2D eigenvalue weighted by molar-refractivity contribution is 0.179. The van der Waals surface area contributed by atoms with E-state index in [1.165, 1.54) is 5.56 Å². The molecule has 0 saturated heterocycles. The molecule has 0 aliphatic rings. The normalized spacial score (nSPS) is 12.0. The maximum Gasteiger partial charge on any atom is 0.173 e. The summed E-state index contributed by atoms with van der Waals surface area (Å²) in [6.07, 6.45) is 0. The van der Waals surface area contributed by atoms with E-state index in [2.05, 4.69) is 43.1 Å². The van der Waals surface area contributed by atoms with Gasteiger partial charge in [0, 0.05) is 25.4 Å². The van der Waals surface area contributed by atoms with Crippen LogP contribution in [-0.2, 0) is 4.74 Å². The third-order valence-corrected chi connectivity index (χ3v) is 3.09. The van der Waals surface area contributed by atoms with Gasteiger partial charge in [-0.1, -0.05) is 18.2 Å². The third-order valence-electron chi connectivity index (χ3n) is 2.75. The predicted molar refractivity (Wildman–Crippen MR) is 81.3 cm³/mol. The molecule has 0 aromatic heterocycles. The zero-order chi connectivity index (χ0) is 13.5. The average molecular weight is 266 g/mol. The van der Waals surface area contributed by atoms with Gasteiger partial charge in [-0.2, -0.15) is 0 Å². The molecule has 0 heterocycles. The number of hydrogen-bond acceptors (Lipinski definition) is 2. The van der Waals surface area contributed by atoms with Crippen LogP contribution in [-0.4, -0.2) is 31.4 Å². The number of thiocarbonyl (C=S) groups is 1. The Labute approximate surface area is 115 Å². The third kappa shape index (κ3) is 3.96. The largest absolute Gasteiger partial charge is 0.383 e. The number of benzene rings is 1. The van der Waals surface area contributed by atoms with Gasteiger partial charge in [0.15, 0.2) is 5.11 Å². The van der Waals surface area contributed by atoms with E-state index in [1.807, 2.05) is 12.1 Å². The van der Waals surface area contributed by atoms with Gasteiger partial charge >= 0.3 is 0 Å². The van der Waals surface area contributed by atoms with Crippen molar-refractivity contribution in [2.75, 3.05) is 25.2 Å². The van der Waals surface area contributed by atoms with Crippen LogP contribution in [0.4, 0.5) is 5.69 Å². The summed E-state index contributed by atoms with van der Waals surface area (Å²) in [4.78, 5) is 2.11. The van der Waals surface area contributed by atoms with Gasteiger partial charge < -0.3 is 15.0 Å². The molecule has 1 atom stereocenters. The Bertz CT molecular complexity index is 395. The summed E-state index contributed by atoms with van der Waals surface area (Å²) in [5.74, 6) is 0. The standard InChI is InChI=1S/C14H22N2OS/c1-5-16(13-9-7-6-8-11(13)2)14(18)15-12(3)10-17-4/h6-9,12H,5,10H2,1-4H3,(H,15,18). The SMILES string of the molecule is CCN(C(=S)NC(C)COC)c1ccccc1C. The number of ether oxygens (including phenoxy) is 1. The van der Waals surface area contributed by atoms with Crippen molar-refractivity contribution in [2.24, 2.45) is 0 Å². The number of aryl methyl sites for hydroxylation is 1. The molecule has 0 radical (unpaired) electrons. The zero-order valence-corrected chi connectivity index (χ0v) is 12.4. The first kappa shape index (κ1) is 14.9. The first-order valence-corrected chi connectivity index (χ1v) is 6.63. The molecule has 0 fully saturated rings. The minimum atomic E-state index is 0.209. The fourth-order valence-corrected chi connectivity index (χ4v) is 2.30. The van der Waals surface area contributed by atoms with Crippen molar-refractivity contribution in [2.45, 2.75) is 26.8 Å². The second-order valence-electron chi connectivity index (χ2n) is 4.34. The molecule has 0 aliphatic heterocycles. The number of anilines is 1. The number of methoxy groups -OCH3 is 1. The van der Waals surface area contributed by atoms with E-state index < -0.39 is 0 Å². The summed E-state index contributed by atoms with van der Waals surface area (Å²) in [5, 5.41) is 4.04. The van der Waals surface area contributed by atoms with Gasteiger partial charge in [-0.05, 0) is 44.6 Å². The van der Waals surface area contributed by atoms with Crippen molar-refractivity contribution >= 4 is 23.0 Å². The Morgan fingerprint density at radius 1 is 1.44 bits per heavy atom. The summed E-state index contributed by atoms with van der Waals surface area (Å²) in [5.41, 5.74) is 2.38. The Morgan fingerprint density at radius 2 is 2.11 bits per heavy atom. The summed E-state index contributed by atoms with van der Waals surface area (Å²) < 4.78 is 5.11. The molecule has 4 heteroatoms. The van der Waals surface area contributed by atoms with Gasteiger partial charge in [0.1, 0.15) is 0 Å². The van der Waals surface area contributed by atoms with Crippen LogP contribution < -0.4 is 10.2 Å². The summed E-state index contributed by atoms with van der Waals surface area (Å²) >= 11 is 5.47. The van der Waals surface area contributed by atoms with Gasteiger partial charge in [-0.15, -0.1) is 0 Å². The predicted octanol–water partition coefficient (Wildman–Crippen LogP) is 2.73. The number of nitrogens with zero attached hydrogens (tertiary/aromatic N) is 1. The molecular weight excluding hydrogens is 244 g/mol. The zero-order valence-electron chi connectivity index (χ0n) is 11.6. The molecular formula is C14H22N2OS. The molecule has 1 aromatic rings. The van der Waals surface area contributed by atoms with Gasteiger partial charge in [0.2, 0.25) is 0 Å². The smallest absolute Gasteiger partial charge is 0.173 e. The molecule has 0 aliphatic carbocycles. The average Bonchev–Trinajstić information content (AvgIpc) is 2.32. The molecule has 18 heavy (non-hydrogen) atoms. The van der Waals surface area contributed by atoms with Crippen LogP contribution in [0, 0.1) is 6.92 Å². The van der Waals surface area contributed by atoms with E-state index in [9.17, 15) is 0 Å². The monoisotopic (exact) mass is 266 g/mol. The highest BCUT2D eigenvalue weighted by Gasteiger charge is 2.13. The fraction of sp³-hybridized carbons (Fsp3) is 0.500. The van der Waals surface area contributed by atoms with Gasteiger partial charge in [-0.3, -0.25) is 0 Å². The van der Waals surface area contributed by atoms with E-state index in [-0.39, 0.29) is 6.04 Å². The maximum atomic E-state index is 5.47. The van der Waals surface area contributed by atoms with Crippen molar-refractivity contribution in [3.8, 4) is 0 Å². The summed E-state index contributed by atoms with van der Waals surface area (Å²) in [6.45, 7) is 7.74. The van der Waals surface area contributed by atoms with Crippen LogP contribution in [0.1, 0.15) is 19.4 Å². The maximum absolute atomic E-state index is 5.47. The Balaban J connectivity index is 2.78. The highest BCUT2D eigenvalue weighted by molar-refractivity contribution is 7.80. The van der Waals surface area contributed by atoms with E-state index in [0.29, 0.717) is 6.61 Å². The lowest BCUT2D eigenvalue weighted by Gasteiger charge is -2.28. The summed E-state index contributed by atoms with van der Waals surface area (Å²) in [6, 6.07) is 8.47. The van der Waals surface area contributed by atoms with E-state index >= 15 is 0 Å². The van der Waals surface area contributed by atoms with Crippen molar-refractivity contribution in [3.63, 3.8) is 0 Å². The van der Waals surface area contributed by atoms with E-state index in [4.69, 9.17) is 17.0 Å². The lowest BCUT2D eigenvalue weighted by Crippen LogP contribution is -2.45. The molecule has 0 bridgehead atoms. The van der Waals surface area contributed by atoms with Crippen LogP contribution in [0.25, 0.3) is 0 Å². The Hall–Kier alpha value is -1.13. The minimum absolute atomic E-state index is 0.209. The fourth-order valence-electron chi connectivity index (χ4n) is 1.87. The van der Waals surface area contributed by atoms with Crippen molar-refractivity contribution < 1.29 is 4.74 Å². The molecule has 0 amide bonds. The van der Waals surface area contributed by atoms with Crippen LogP contribution in [0.5, 0.6) is 0 Å². The second-order valence-corrected chi connectivity index (χ2v) is 4.72. The number of para-hydroxylation sites is 1. The van der Waals surface area contributed by atoms with Crippen LogP contribution >= 0.6 is 12.2 Å². The minimum Gasteiger partial charge on any atom is -0.383 e. The van der Waals surface area contributed by atoms with Gasteiger partial charge in [0.25, 0.3) is 0 Å². The molecule has 3 nitrogen and oxygen atoms in total. The van der Waals surface area contributed by atoms with Crippen molar-refractivity contribution in [3.05, 3.63) is 29.8 Å². The van der Waals surface area contributed by atoms with E-state index in [1.54, 1.807) is 7.11 Å². The Morgan fingerprint density at radius 3 is 2.67 bits per heavy atom. The molecule has 1 N–H and O–H groups in total. The van der Waals surface area contributed by atoms with E-state index in [0.717, 1.165) is 17.3 Å². The number of nitrogens with one attached hydrogen (secondary N) is 1. The van der Waals surface area contributed by atoms with Crippen molar-refractivity contribution in [1.82, 2.24) is 5.32 Å². The quantitative estimate of drug-likeness (QED) is 0.828. The van der Waals surface area contributed by atoms with Crippen LogP contribution in [0.3, 0.4) is 0 Å². The first-order chi connectivity index (χ1) is 8.60. The molecule has 1 aromatic carbocycles. The summed E-state index contributed by atoms with van der Waals surface area (Å²) in [7, 11) is 1.69. The lowest BCUT2D eigenvalue weighted by atomic mass is 10.2. The van der Waals surface area contributed by atoms with Gasteiger partial charge in [0.05, 0.1) is 6.61 Å². The molecule has 1 rings (SSSR count).